The SMILES string of the molecule is CC(Cc1ccco1)NC(c1cccs1)c1nccn1C. The van der Waals surface area contributed by atoms with Crippen LogP contribution in [0, 0.1) is 0 Å². The molecule has 3 rings (SSSR count). The van der Waals surface area contributed by atoms with Crippen LogP contribution < -0.4 is 5.32 Å². The summed E-state index contributed by atoms with van der Waals surface area (Å²) in [6, 6.07) is 8.57. The summed E-state index contributed by atoms with van der Waals surface area (Å²) in [7, 11) is 2.03. The molecule has 21 heavy (non-hydrogen) atoms. The number of thiophene rings is 1. The summed E-state index contributed by atoms with van der Waals surface area (Å²) in [5.41, 5.74) is 0. The van der Waals surface area contributed by atoms with Gasteiger partial charge in [-0.2, -0.15) is 0 Å². The van der Waals surface area contributed by atoms with E-state index in [4.69, 9.17) is 4.42 Å². The standard InChI is InChI=1S/C16H19N3OS/c1-12(11-13-5-3-9-20-13)18-15(14-6-4-10-21-14)16-17-7-8-19(16)2/h3-10,12,15,18H,11H2,1-2H3. The second kappa shape index (κ2) is 6.28. The maximum atomic E-state index is 5.43. The number of hydrogen-bond acceptors (Lipinski definition) is 4. The molecule has 0 radical (unpaired) electrons. The van der Waals surface area contributed by atoms with Gasteiger partial charge in [-0.3, -0.25) is 0 Å². The van der Waals surface area contributed by atoms with Gasteiger partial charge in [-0.1, -0.05) is 6.07 Å². The van der Waals surface area contributed by atoms with E-state index in [1.165, 1.54) is 4.88 Å². The molecule has 2 unspecified atom stereocenters. The van der Waals surface area contributed by atoms with Crippen molar-refractivity contribution in [3.05, 3.63) is 64.8 Å². The minimum absolute atomic E-state index is 0.106. The molecule has 4 nitrogen and oxygen atoms in total. The van der Waals surface area contributed by atoms with Gasteiger partial charge in [0.05, 0.1) is 6.26 Å². The lowest BCUT2D eigenvalue weighted by molar-refractivity contribution is 0.430. The number of aryl methyl sites for hydroxylation is 1. The quantitative estimate of drug-likeness (QED) is 0.759. The van der Waals surface area contributed by atoms with E-state index in [1.807, 2.05) is 31.6 Å². The molecule has 0 aliphatic rings. The molecule has 0 saturated carbocycles. The van der Waals surface area contributed by atoms with E-state index in [0.29, 0.717) is 6.04 Å². The number of nitrogens with zero attached hydrogens (tertiary/aromatic N) is 2. The molecular weight excluding hydrogens is 282 g/mol. The van der Waals surface area contributed by atoms with Crippen molar-refractivity contribution in [2.24, 2.45) is 7.05 Å². The molecule has 0 amide bonds. The molecular formula is C16H19N3OS. The van der Waals surface area contributed by atoms with Crippen molar-refractivity contribution < 1.29 is 4.42 Å². The molecule has 3 aromatic heterocycles. The van der Waals surface area contributed by atoms with Gasteiger partial charge >= 0.3 is 0 Å². The first kappa shape index (κ1) is 14.1. The number of nitrogens with one attached hydrogen (secondary N) is 1. The van der Waals surface area contributed by atoms with Crippen molar-refractivity contribution in [2.75, 3.05) is 0 Å². The third-order valence-corrected chi connectivity index (χ3v) is 4.42. The Kier molecular flexibility index (Phi) is 4.22. The highest BCUT2D eigenvalue weighted by Crippen LogP contribution is 2.25. The molecule has 1 N–H and O–H groups in total. The van der Waals surface area contributed by atoms with Crippen LogP contribution in [0.3, 0.4) is 0 Å². The first-order valence-electron chi connectivity index (χ1n) is 7.03. The molecule has 0 spiro atoms. The molecule has 0 aliphatic heterocycles. The van der Waals surface area contributed by atoms with Gasteiger partial charge in [0.1, 0.15) is 17.6 Å². The Labute approximate surface area is 128 Å². The van der Waals surface area contributed by atoms with Gasteiger partial charge in [-0.15, -0.1) is 11.3 Å². The first-order valence-corrected chi connectivity index (χ1v) is 7.91. The van der Waals surface area contributed by atoms with Gasteiger partial charge in [0.25, 0.3) is 0 Å². The normalized spacial score (nSPS) is 14.2. The summed E-state index contributed by atoms with van der Waals surface area (Å²) >= 11 is 1.75. The topological polar surface area (TPSA) is 43.0 Å². The smallest absolute Gasteiger partial charge is 0.131 e. The minimum Gasteiger partial charge on any atom is -0.469 e. The van der Waals surface area contributed by atoms with E-state index in [1.54, 1.807) is 17.6 Å². The largest absolute Gasteiger partial charge is 0.469 e. The van der Waals surface area contributed by atoms with Crippen LogP contribution in [0.15, 0.2) is 52.7 Å². The second-order valence-corrected chi connectivity index (χ2v) is 6.18. The predicted molar refractivity (Wildman–Crippen MR) is 84.4 cm³/mol. The molecule has 0 bridgehead atoms. The van der Waals surface area contributed by atoms with Gasteiger partial charge in [0.2, 0.25) is 0 Å². The fourth-order valence-electron chi connectivity index (χ4n) is 2.47. The van der Waals surface area contributed by atoms with E-state index < -0.39 is 0 Å². The molecule has 0 fully saturated rings. The van der Waals surface area contributed by atoms with Gasteiger partial charge in [-0.25, -0.2) is 4.98 Å². The van der Waals surface area contributed by atoms with Crippen LogP contribution in [0.1, 0.15) is 29.4 Å². The summed E-state index contributed by atoms with van der Waals surface area (Å²) in [6.07, 6.45) is 6.40. The zero-order valence-electron chi connectivity index (χ0n) is 12.2. The summed E-state index contributed by atoms with van der Waals surface area (Å²) in [4.78, 5) is 5.78. The van der Waals surface area contributed by atoms with Crippen LogP contribution in [-0.2, 0) is 13.5 Å². The molecule has 0 aliphatic carbocycles. The van der Waals surface area contributed by atoms with Crippen molar-refractivity contribution in [3.8, 4) is 0 Å². The Balaban J connectivity index is 1.78. The van der Waals surface area contributed by atoms with Crippen molar-refractivity contribution >= 4 is 11.3 Å². The molecule has 5 heteroatoms. The second-order valence-electron chi connectivity index (χ2n) is 5.20. The van der Waals surface area contributed by atoms with Gasteiger partial charge in [-0.05, 0) is 30.5 Å². The third-order valence-electron chi connectivity index (χ3n) is 3.48. The fraction of sp³-hybridized carbons (Fsp3) is 0.312. The summed E-state index contributed by atoms with van der Waals surface area (Å²) in [5, 5.41) is 5.77. The van der Waals surface area contributed by atoms with Crippen LogP contribution in [0.2, 0.25) is 0 Å². The Bertz CT molecular complexity index is 658. The highest BCUT2D eigenvalue weighted by atomic mass is 32.1. The van der Waals surface area contributed by atoms with Gasteiger partial charge in [0, 0.05) is 36.8 Å². The van der Waals surface area contributed by atoms with Crippen LogP contribution in [0.4, 0.5) is 0 Å². The summed E-state index contributed by atoms with van der Waals surface area (Å²) < 4.78 is 7.50. The van der Waals surface area contributed by atoms with E-state index in [-0.39, 0.29) is 6.04 Å². The third kappa shape index (κ3) is 3.25. The van der Waals surface area contributed by atoms with Crippen LogP contribution in [-0.4, -0.2) is 15.6 Å². The molecule has 0 aromatic carbocycles. The predicted octanol–water partition coefficient (Wildman–Crippen LogP) is 3.38. The van der Waals surface area contributed by atoms with Gasteiger partial charge < -0.3 is 14.3 Å². The zero-order chi connectivity index (χ0) is 14.7. The molecule has 3 heterocycles. The Morgan fingerprint density at radius 2 is 2.29 bits per heavy atom. The van der Waals surface area contributed by atoms with Crippen LogP contribution >= 0.6 is 11.3 Å². The molecule has 0 saturated heterocycles. The fourth-order valence-corrected chi connectivity index (χ4v) is 3.25. The Morgan fingerprint density at radius 3 is 2.90 bits per heavy atom. The number of furan rings is 1. The lowest BCUT2D eigenvalue weighted by Crippen LogP contribution is -2.33. The van der Waals surface area contributed by atoms with E-state index in [2.05, 4.69) is 39.3 Å². The minimum atomic E-state index is 0.106. The number of rotatable bonds is 6. The molecule has 110 valence electrons. The maximum Gasteiger partial charge on any atom is 0.131 e. The lowest BCUT2D eigenvalue weighted by atomic mass is 10.1. The van der Waals surface area contributed by atoms with Crippen molar-refractivity contribution in [1.29, 1.82) is 0 Å². The maximum absolute atomic E-state index is 5.43. The van der Waals surface area contributed by atoms with Crippen LogP contribution in [0.25, 0.3) is 0 Å². The van der Waals surface area contributed by atoms with Crippen molar-refractivity contribution in [1.82, 2.24) is 14.9 Å². The highest BCUT2D eigenvalue weighted by molar-refractivity contribution is 7.10. The number of imidazole rings is 1. The van der Waals surface area contributed by atoms with Crippen molar-refractivity contribution in [2.45, 2.75) is 25.4 Å². The number of aromatic nitrogens is 2. The van der Waals surface area contributed by atoms with Crippen LogP contribution in [0.5, 0.6) is 0 Å². The molecule has 3 aromatic rings. The monoisotopic (exact) mass is 301 g/mol. The average Bonchev–Trinajstić information content (AvgIpc) is 3.18. The Morgan fingerprint density at radius 1 is 1.38 bits per heavy atom. The first-order chi connectivity index (χ1) is 10.2. The van der Waals surface area contributed by atoms with Gasteiger partial charge in [0.15, 0.2) is 0 Å². The highest BCUT2D eigenvalue weighted by Gasteiger charge is 2.21. The number of hydrogen-bond donors (Lipinski definition) is 1. The van der Waals surface area contributed by atoms with E-state index in [9.17, 15) is 0 Å². The van der Waals surface area contributed by atoms with Crippen molar-refractivity contribution in [3.63, 3.8) is 0 Å². The Hall–Kier alpha value is -1.85. The average molecular weight is 301 g/mol. The molecule has 2 atom stereocenters. The van der Waals surface area contributed by atoms with E-state index >= 15 is 0 Å². The summed E-state index contributed by atoms with van der Waals surface area (Å²) in [6.45, 7) is 2.17. The lowest BCUT2D eigenvalue weighted by Gasteiger charge is -2.22. The summed E-state index contributed by atoms with van der Waals surface area (Å²) in [5.74, 6) is 2.03. The van der Waals surface area contributed by atoms with E-state index in [0.717, 1.165) is 18.0 Å². The zero-order valence-corrected chi connectivity index (χ0v) is 13.0.